The number of rotatable bonds is 3. The van der Waals surface area contributed by atoms with Crippen molar-refractivity contribution < 1.29 is 18.0 Å². The molecule has 0 saturated carbocycles. The van der Waals surface area contributed by atoms with Gasteiger partial charge in [0.1, 0.15) is 5.82 Å². The van der Waals surface area contributed by atoms with Gasteiger partial charge in [0.2, 0.25) is 0 Å². The van der Waals surface area contributed by atoms with Gasteiger partial charge >= 0.3 is 0 Å². The summed E-state index contributed by atoms with van der Waals surface area (Å²) in [6, 6.07) is 6.81. The second kappa shape index (κ2) is 6.30. The Kier molecular flexibility index (Phi) is 4.67. The van der Waals surface area contributed by atoms with Crippen LogP contribution in [0, 0.1) is 17.5 Å². The number of carbonyl (C=O) groups excluding carboxylic acids is 1. The number of halogens is 4. The van der Waals surface area contributed by atoms with Crippen LogP contribution >= 0.6 is 15.9 Å². The Morgan fingerprint density at radius 1 is 1.05 bits per heavy atom. The van der Waals surface area contributed by atoms with Crippen molar-refractivity contribution in [2.75, 3.05) is 0 Å². The molecule has 0 aromatic heterocycles. The summed E-state index contributed by atoms with van der Waals surface area (Å²) in [6.07, 6.45) is 0. The zero-order chi connectivity index (χ0) is 15.6. The second-order valence-corrected chi connectivity index (χ2v) is 5.41. The maximum absolute atomic E-state index is 13.7. The topological polar surface area (TPSA) is 29.1 Å². The highest BCUT2D eigenvalue weighted by molar-refractivity contribution is 9.10. The lowest BCUT2D eigenvalue weighted by molar-refractivity contribution is 0.0935. The van der Waals surface area contributed by atoms with Crippen molar-refractivity contribution in [1.82, 2.24) is 5.32 Å². The third kappa shape index (κ3) is 3.64. The van der Waals surface area contributed by atoms with E-state index in [1.807, 2.05) is 0 Å². The molecular weight excluding hydrogens is 347 g/mol. The number of benzene rings is 2. The van der Waals surface area contributed by atoms with Gasteiger partial charge in [0, 0.05) is 4.47 Å². The number of amides is 1. The van der Waals surface area contributed by atoms with E-state index in [1.165, 1.54) is 18.2 Å². The van der Waals surface area contributed by atoms with Crippen molar-refractivity contribution in [3.8, 4) is 0 Å². The molecule has 2 nitrogen and oxygen atoms in total. The Labute approximate surface area is 128 Å². The van der Waals surface area contributed by atoms with Crippen LogP contribution in [0.5, 0.6) is 0 Å². The maximum Gasteiger partial charge on any atom is 0.254 e. The van der Waals surface area contributed by atoms with Crippen LogP contribution in [0.15, 0.2) is 40.9 Å². The molecule has 1 unspecified atom stereocenters. The Morgan fingerprint density at radius 3 is 2.38 bits per heavy atom. The molecule has 0 aliphatic heterocycles. The quantitative estimate of drug-likeness (QED) is 0.868. The molecule has 21 heavy (non-hydrogen) atoms. The summed E-state index contributed by atoms with van der Waals surface area (Å²) in [5, 5.41) is 2.54. The number of hydrogen-bond acceptors (Lipinski definition) is 1. The molecule has 0 bridgehead atoms. The van der Waals surface area contributed by atoms with Crippen molar-refractivity contribution in [2.45, 2.75) is 13.0 Å². The molecule has 0 aliphatic rings. The van der Waals surface area contributed by atoms with Crippen molar-refractivity contribution in [1.29, 1.82) is 0 Å². The molecular formula is C15H11BrF3NO. The van der Waals surface area contributed by atoms with Gasteiger partial charge in [-0.05, 0) is 42.8 Å². The molecule has 0 radical (unpaired) electrons. The first kappa shape index (κ1) is 15.6. The van der Waals surface area contributed by atoms with Crippen LogP contribution in [0.2, 0.25) is 0 Å². The van der Waals surface area contributed by atoms with Gasteiger partial charge in [-0.15, -0.1) is 0 Å². The summed E-state index contributed by atoms with van der Waals surface area (Å²) in [5.74, 6) is -3.25. The van der Waals surface area contributed by atoms with E-state index < -0.39 is 29.4 Å². The fourth-order valence-electron chi connectivity index (χ4n) is 1.81. The molecule has 1 atom stereocenters. The van der Waals surface area contributed by atoms with E-state index in [2.05, 4.69) is 21.2 Å². The summed E-state index contributed by atoms with van der Waals surface area (Å²) < 4.78 is 40.2. The van der Waals surface area contributed by atoms with E-state index in [0.717, 1.165) is 12.1 Å². The largest absolute Gasteiger partial charge is 0.345 e. The predicted octanol–water partition coefficient (Wildman–Crippen LogP) is 4.36. The first-order valence-corrected chi connectivity index (χ1v) is 6.88. The molecule has 0 spiro atoms. The highest BCUT2D eigenvalue weighted by Gasteiger charge is 2.16. The fraction of sp³-hybridized carbons (Fsp3) is 0.133. The minimum atomic E-state index is -0.997. The Morgan fingerprint density at radius 2 is 1.76 bits per heavy atom. The second-order valence-electron chi connectivity index (χ2n) is 4.49. The molecule has 2 aromatic carbocycles. The average molecular weight is 358 g/mol. The van der Waals surface area contributed by atoms with Crippen LogP contribution in [0.25, 0.3) is 0 Å². The molecule has 6 heteroatoms. The summed E-state index contributed by atoms with van der Waals surface area (Å²) in [6.45, 7) is 1.60. The highest BCUT2D eigenvalue weighted by Crippen LogP contribution is 2.19. The standard InChI is InChI=1S/C15H11BrF3NO/c1-8(9-2-5-12(17)14(19)6-9)20-15(21)11-4-3-10(16)7-13(11)18/h2-8H,1H3,(H,20,21). The molecule has 0 saturated heterocycles. The number of carbonyl (C=O) groups is 1. The minimum absolute atomic E-state index is 0.118. The van der Waals surface area contributed by atoms with E-state index in [0.29, 0.717) is 10.0 Å². The van der Waals surface area contributed by atoms with Gasteiger partial charge in [-0.2, -0.15) is 0 Å². The lowest BCUT2D eigenvalue weighted by atomic mass is 10.1. The third-order valence-corrected chi connectivity index (χ3v) is 3.46. The molecule has 2 aromatic rings. The average Bonchev–Trinajstić information content (AvgIpc) is 2.41. The van der Waals surface area contributed by atoms with E-state index >= 15 is 0 Å². The van der Waals surface area contributed by atoms with Gasteiger partial charge in [0.15, 0.2) is 11.6 Å². The summed E-state index contributed by atoms with van der Waals surface area (Å²) in [5.41, 5.74) is 0.271. The first-order chi connectivity index (χ1) is 9.88. The van der Waals surface area contributed by atoms with Crippen LogP contribution in [-0.2, 0) is 0 Å². The van der Waals surface area contributed by atoms with Crippen molar-refractivity contribution in [3.63, 3.8) is 0 Å². The predicted molar refractivity (Wildman–Crippen MR) is 76.3 cm³/mol. The van der Waals surface area contributed by atoms with E-state index in [1.54, 1.807) is 13.0 Å². The van der Waals surface area contributed by atoms with Crippen LogP contribution in [0.1, 0.15) is 28.9 Å². The highest BCUT2D eigenvalue weighted by atomic mass is 79.9. The van der Waals surface area contributed by atoms with Crippen molar-refractivity contribution in [2.24, 2.45) is 0 Å². The Balaban J connectivity index is 2.16. The summed E-state index contributed by atoms with van der Waals surface area (Å²) in [7, 11) is 0. The normalized spacial score (nSPS) is 12.0. The molecule has 0 fully saturated rings. The summed E-state index contributed by atoms with van der Waals surface area (Å²) >= 11 is 3.10. The SMILES string of the molecule is CC(NC(=O)c1ccc(Br)cc1F)c1ccc(F)c(F)c1. The van der Waals surface area contributed by atoms with Crippen LogP contribution in [0.4, 0.5) is 13.2 Å². The smallest absolute Gasteiger partial charge is 0.254 e. The van der Waals surface area contributed by atoms with Crippen LogP contribution in [-0.4, -0.2) is 5.91 Å². The molecule has 110 valence electrons. The lowest BCUT2D eigenvalue weighted by Crippen LogP contribution is -2.27. The van der Waals surface area contributed by atoms with E-state index in [-0.39, 0.29) is 5.56 Å². The molecule has 2 rings (SSSR count). The van der Waals surface area contributed by atoms with Crippen LogP contribution in [0.3, 0.4) is 0 Å². The van der Waals surface area contributed by atoms with Gasteiger partial charge < -0.3 is 5.32 Å². The first-order valence-electron chi connectivity index (χ1n) is 6.09. The van der Waals surface area contributed by atoms with Crippen LogP contribution < -0.4 is 5.32 Å². The van der Waals surface area contributed by atoms with E-state index in [9.17, 15) is 18.0 Å². The zero-order valence-corrected chi connectivity index (χ0v) is 12.5. The third-order valence-electron chi connectivity index (χ3n) is 2.97. The van der Waals surface area contributed by atoms with Crippen molar-refractivity contribution in [3.05, 3.63) is 69.4 Å². The molecule has 0 aliphatic carbocycles. The monoisotopic (exact) mass is 357 g/mol. The Bertz CT molecular complexity index is 691. The van der Waals surface area contributed by atoms with Gasteiger partial charge in [-0.1, -0.05) is 22.0 Å². The fourth-order valence-corrected chi connectivity index (χ4v) is 2.15. The maximum atomic E-state index is 13.7. The number of nitrogens with one attached hydrogen (secondary N) is 1. The lowest BCUT2D eigenvalue weighted by Gasteiger charge is -2.15. The van der Waals surface area contributed by atoms with Gasteiger partial charge in [0.25, 0.3) is 5.91 Å². The molecule has 1 amide bonds. The molecule has 0 heterocycles. The summed E-state index contributed by atoms with van der Waals surface area (Å²) in [4.78, 5) is 12.0. The molecule has 1 N–H and O–H groups in total. The Hall–Kier alpha value is -1.82. The van der Waals surface area contributed by atoms with Crippen molar-refractivity contribution >= 4 is 21.8 Å². The zero-order valence-electron chi connectivity index (χ0n) is 11.0. The minimum Gasteiger partial charge on any atom is -0.345 e. The van der Waals surface area contributed by atoms with Gasteiger partial charge in [-0.3, -0.25) is 4.79 Å². The van der Waals surface area contributed by atoms with Gasteiger partial charge in [0.05, 0.1) is 11.6 Å². The van der Waals surface area contributed by atoms with Gasteiger partial charge in [-0.25, -0.2) is 13.2 Å². The number of hydrogen-bond donors (Lipinski definition) is 1. The van der Waals surface area contributed by atoms with E-state index in [4.69, 9.17) is 0 Å².